The number of anilines is 1. The molecule has 294 valence electrons. The number of allylic oxidation sites excluding steroid dienone is 3. The number of benzene rings is 2. The van der Waals surface area contributed by atoms with E-state index in [2.05, 4.69) is 10.4 Å². The first-order valence-electron chi connectivity index (χ1n) is 17.7. The molecule has 2 N–H and O–H groups in total. The Morgan fingerprint density at radius 3 is 2.16 bits per heavy atom. The highest BCUT2D eigenvalue weighted by atomic mass is 35.5. The zero-order chi connectivity index (χ0) is 40.6. The van der Waals surface area contributed by atoms with E-state index >= 15 is 4.79 Å². The summed E-state index contributed by atoms with van der Waals surface area (Å²) in [7, 11) is 2.75. The number of methoxy groups -OCH3 is 2. The van der Waals surface area contributed by atoms with Gasteiger partial charge >= 0.3 is 6.18 Å². The smallest absolute Gasteiger partial charge is 0.417 e. The maximum atomic E-state index is 15.3. The summed E-state index contributed by atoms with van der Waals surface area (Å²) >= 11 is 12.6. The van der Waals surface area contributed by atoms with E-state index in [0.29, 0.717) is 34.0 Å². The quantitative estimate of drug-likeness (QED) is 0.184. The number of imide groups is 2. The Balaban J connectivity index is 1.43. The Morgan fingerprint density at radius 2 is 1.59 bits per heavy atom. The third-order valence-corrected chi connectivity index (χ3v) is 11.8. The SMILES string of the molecule is COc1cc(C=CC2C3=CCC4C(=O)N(C(C)(C)C)C(=O)C4C3CC3C(=O)N(Nc4ncc(C(F)(F)F)cc4Cl)C(=O)C23c2ccc(Cl)cc2)cc(OC)c1O. The molecule has 4 aliphatic rings. The predicted molar refractivity (Wildman–Crippen MR) is 199 cm³/mol. The Labute approximate surface area is 330 Å². The molecule has 2 saturated heterocycles. The maximum absolute atomic E-state index is 15.3. The van der Waals surface area contributed by atoms with Crippen LogP contribution in [0.25, 0.3) is 6.08 Å². The van der Waals surface area contributed by atoms with Crippen LogP contribution in [0.2, 0.25) is 10.0 Å². The first-order chi connectivity index (χ1) is 26.3. The monoisotopic (exact) mass is 812 g/mol. The van der Waals surface area contributed by atoms with Crippen molar-refractivity contribution in [3.05, 3.63) is 93.1 Å². The van der Waals surface area contributed by atoms with Crippen molar-refractivity contribution in [1.82, 2.24) is 14.9 Å². The Bertz CT molecular complexity index is 2200. The van der Waals surface area contributed by atoms with Gasteiger partial charge in [-0.3, -0.25) is 29.5 Å². The number of carbonyl (C=O) groups excluding carboxylic acids is 4. The van der Waals surface area contributed by atoms with E-state index < -0.39 is 69.1 Å². The molecule has 56 heavy (non-hydrogen) atoms. The molecule has 0 bridgehead atoms. The van der Waals surface area contributed by atoms with Gasteiger partial charge in [0.2, 0.25) is 17.6 Å². The van der Waals surface area contributed by atoms with Crippen LogP contribution in [0.15, 0.2) is 66.4 Å². The number of aromatic hydroxyl groups is 1. The van der Waals surface area contributed by atoms with Crippen LogP contribution in [-0.4, -0.2) is 63.4 Å². The van der Waals surface area contributed by atoms with Gasteiger partial charge < -0.3 is 14.6 Å². The molecule has 1 saturated carbocycles. The summed E-state index contributed by atoms with van der Waals surface area (Å²) < 4.78 is 51.2. The van der Waals surface area contributed by atoms with Gasteiger partial charge in [0, 0.05) is 22.7 Å². The number of hydrogen-bond donors (Lipinski definition) is 2. The second kappa shape index (κ2) is 13.8. The maximum Gasteiger partial charge on any atom is 0.417 e. The Kier molecular flexibility index (Phi) is 9.68. The fraction of sp³-hybridized carbons (Fsp3) is 0.375. The van der Waals surface area contributed by atoms with Gasteiger partial charge in [-0.15, -0.1) is 0 Å². The molecule has 2 aromatic carbocycles. The van der Waals surface area contributed by atoms with Crippen molar-refractivity contribution in [3.63, 3.8) is 0 Å². The fourth-order valence-electron chi connectivity index (χ4n) is 8.91. The molecule has 11 nitrogen and oxygen atoms in total. The minimum atomic E-state index is -4.75. The Morgan fingerprint density at radius 1 is 0.946 bits per heavy atom. The van der Waals surface area contributed by atoms with Gasteiger partial charge in [-0.1, -0.05) is 59.1 Å². The predicted octanol–water partition coefficient (Wildman–Crippen LogP) is 7.46. The van der Waals surface area contributed by atoms with E-state index in [4.69, 9.17) is 32.7 Å². The van der Waals surface area contributed by atoms with E-state index in [1.165, 1.54) is 19.1 Å². The number of hydrazine groups is 1. The van der Waals surface area contributed by atoms with Crippen molar-refractivity contribution in [2.24, 2.45) is 29.6 Å². The minimum Gasteiger partial charge on any atom is -0.502 e. The third-order valence-electron chi connectivity index (χ3n) is 11.3. The summed E-state index contributed by atoms with van der Waals surface area (Å²) in [4.78, 5) is 63.3. The number of hydrogen-bond acceptors (Lipinski definition) is 9. The average Bonchev–Trinajstić information content (AvgIpc) is 3.53. The number of ether oxygens (including phenoxy) is 2. The number of pyridine rings is 1. The molecule has 0 spiro atoms. The highest BCUT2D eigenvalue weighted by Gasteiger charge is 2.70. The Hall–Kier alpha value is -5.08. The molecule has 3 fully saturated rings. The van der Waals surface area contributed by atoms with Crippen LogP contribution >= 0.6 is 23.2 Å². The number of rotatable bonds is 7. The topological polar surface area (TPSA) is 138 Å². The summed E-state index contributed by atoms with van der Waals surface area (Å²) in [5, 5.41) is 11.2. The highest BCUT2D eigenvalue weighted by molar-refractivity contribution is 6.33. The van der Waals surface area contributed by atoms with E-state index in [-0.39, 0.29) is 47.7 Å². The van der Waals surface area contributed by atoms with Crippen LogP contribution in [0.1, 0.15) is 50.3 Å². The van der Waals surface area contributed by atoms with Crippen molar-refractivity contribution in [2.75, 3.05) is 19.6 Å². The van der Waals surface area contributed by atoms with Crippen LogP contribution in [0.5, 0.6) is 17.2 Å². The lowest BCUT2D eigenvalue weighted by atomic mass is 9.50. The third kappa shape index (κ3) is 6.08. The zero-order valence-electron chi connectivity index (χ0n) is 30.8. The molecule has 1 aromatic heterocycles. The van der Waals surface area contributed by atoms with E-state index in [9.17, 15) is 32.7 Å². The molecule has 3 heterocycles. The first kappa shape index (κ1) is 39.2. The van der Waals surface area contributed by atoms with E-state index in [1.54, 1.807) is 69.3 Å². The summed E-state index contributed by atoms with van der Waals surface area (Å²) in [6.07, 6.45) is 1.28. The summed E-state index contributed by atoms with van der Waals surface area (Å²) in [5.74, 6) is -6.84. The van der Waals surface area contributed by atoms with Crippen LogP contribution in [0.3, 0.4) is 0 Å². The van der Waals surface area contributed by atoms with Crippen molar-refractivity contribution in [1.29, 1.82) is 0 Å². The number of likely N-dealkylation sites (tertiary alicyclic amines) is 1. The standard InChI is InChI=1S/C40H37Cl2F3N4O7/c1-38(2,3)48-34(51)24-12-11-23-25(31(24)36(48)53)17-27-35(52)49(47-33-28(42)16-21(18-46-33)40(43,44)45)37(54)39(27,20-7-9-22(41)10-8-20)26(23)13-6-19-14-29(55-4)32(50)30(15-19)56-5/h6-11,13-16,18,24-27,31,50H,12,17H2,1-5H3,(H,46,47). The second-order valence-electron chi connectivity index (χ2n) is 15.3. The normalized spacial score (nSPS) is 26.3. The van der Waals surface area contributed by atoms with Gasteiger partial charge in [0.05, 0.1) is 48.0 Å². The number of amides is 4. The van der Waals surface area contributed by atoms with E-state index in [1.807, 2.05) is 6.08 Å². The molecule has 2 aliphatic carbocycles. The lowest BCUT2D eigenvalue weighted by Gasteiger charge is -2.49. The van der Waals surface area contributed by atoms with Crippen molar-refractivity contribution in [3.8, 4) is 17.2 Å². The lowest BCUT2D eigenvalue weighted by molar-refractivity contribution is -0.146. The number of nitrogens with one attached hydrogen (secondary N) is 1. The second-order valence-corrected chi connectivity index (χ2v) is 16.1. The summed E-state index contributed by atoms with van der Waals surface area (Å²) in [6, 6.07) is 10.2. The van der Waals surface area contributed by atoms with Crippen molar-refractivity contribution < 1.29 is 46.9 Å². The van der Waals surface area contributed by atoms with Crippen LogP contribution < -0.4 is 14.9 Å². The van der Waals surface area contributed by atoms with Crippen molar-refractivity contribution >= 4 is 58.7 Å². The van der Waals surface area contributed by atoms with Gasteiger partial charge in [0.1, 0.15) is 0 Å². The zero-order valence-corrected chi connectivity index (χ0v) is 32.3. The van der Waals surface area contributed by atoms with Gasteiger partial charge in [0.15, 0.2) is 17.3 Å². The highest BCUT2D eigenvalue weighted by Crippen LogP contribution is 2.62. The molecular formula is C40H37Cl2F3N4O7. The summed E-state index contributed by atoms with van der Waals surface area (Å²) in [5.41, 5.74) is 0.520. The number of carbonyl (C=O) groups is 4. The van der Waals surface area contributed by atoms with Crippen molar-refractivity contribution in [2.45, 2.75) is 50.7 Å². The molecule has 2 aliphatic heterocycles. The van der Waals surface area contributed by atoms with E-state index in [0.717, 1.165) is 5.01 Å². The molecule has 0 radical (unpaired) electrons. The fourth-order valence-corrected chi connectivity index (χ4v) is 9.24. The lowest BCUT2D eigenvalue weighted by Crippen LogP contribution is -2.54. The number of phenolic OH excluding ortho intramolecular Hbond substituents is 1. The number of fused-ring (bicyclic) bond motifs is 4. The number of phenols is 1. The first-order valence-corrected chi connectivity index (χ1v) is 18.4. The average molecular weight is 814 g/mol. The van der Waals surface area contributed by atoms with Gasteiger partial charge in [-0.2, -0.15) is 18.2 Å². The number of alkyl halides is 3. The molecule has 3 aromatic rings. The molecule has 16 heteroatoms. The van der Waals surface area contributed by atoms with Gasteiger partial charge in [-0.25, -0.2) is 4.98 Å². The molecule has 4 amide bonds. The number of aromatic nitrogens is 1. The van der Waals surface area contributed by atoms with Crippen LogP contribution in [-0.2, 0) is 30.8 Å². The summed E-state index contributed by atoms with van der Waals surface area (Å²) in [6.45, 7) is 5.32. The minimum absolute atomic E-state index is 0.0191. The van der Waals surface area contributed by atoms with Gasteiger partial charge in [-0.05, 0) is 81.0 Å². The number of halogens is 5. The molecule has 6 unspecified atom stereocenters. The van der Waals surface area contributed by atoms with Crippen LogP contribution in [0, 0.1) is 29.6 Å². The molecule has 6 atom stereocenters. The molecular weight excluding hydrogens is 776 g/mol. The largest absolute Gasteiger partial charge is 0.502 e. The van der Waals surface area contributed by atoms with Gasteiger partial charge in [0.25, 0.3) is 11.8 Å². The number of nitrogens with zero attached hydrogens (tertiary/aromatic N) is 3. The van der Waals surface area contributed by atoms with Crippen LogP contribution in [0.4, 0.5) is 19.0 Å². The molecule has 7 rings (SSSR count).